The van der Waals surface area contributed by atoms with Gasteiger partial charge in [0.05, 0.1) is 11.9 Å². The summed E-state index contributed by atoms with van der Waals surface area (Å²) in [4.78, 5) is 18.9. The molecule has 0 radical (unpaired) electrons. The van der Waals surface area contributed by atoms with E-state index in [0.717, 1.165) is 78.8 Å². The molecule has 1 saturated heterocycles. The molecule has 1 aliphatic carbocycles. The van der Waals surface area contributed by atoms with Crippen LogP contribution in [0.25, 0.3) is 22.2 Å². The molecule has 0 atom stereocenters. The van der Waals surface area contributed by atoms with Crippen LogP contribution in [0.2, 0.25) is 5.02 Å². The van der Waals surface area contributed by atoms with E-state index in [1.165, 1.54) is 16.7 Å². The lowest BCUT2D eigenvalue weighted by atomic mass is 9.89. The minimum atomic E-state index is 0.810. The van der Waals surface area contributed by atoms with Crippen molar-refractivity contribution >= 4 is 28.6 Å². The van der Waals surface area contributed by atoms with Crippen LogP contribution in [0.1, 0.15) is 16.8 Å². The number of nitrogens with one attached hydrogen (secondary N) is 1. The maximum absolute atomic E-state index is 6.33. The van der Waals surface area contributed by atoms with Gasteiger partial charge in [-0.1, -0.05) is 29.8 Å². The number of hydrogen-bond acceptors (Lipinski definition) is 6. The molecular weight excluding hydrogens is 410 g/mol. The molecule has 0 bridgehead atoms. The molecule has 0 unspecified atom stereocenters. The lowest BCUT2D eigenvalue weighted by Crippen LogP contribution is -2.46. The molecule has 8 heteroatoms. The first kappa shape index (κ1) is 18.7. The summed E-state index contributed by atoms with van der Waals surface area (Å²) >= 11 is 6.33. The summed E-state index contributed by atoms with van der Waals surface area (Å²) in [7, 11) is 0. The molecule has 2 aliphatic rings. The number of anilines is 1. The smallest absolute Gasteiger partial charge is 0.225 e. The molecule has 1 aromatic carbocycles. The molecule has 0 amide bonds. The van der Waals surface area contributed by atoms with Crippen molar-refractivity contribution in [2.45, 2.75) is 19.4 Å². The molecule has 1 N–H and O–H groups in total. The first-order valence-electron chi connectivity index (χ1n) is 10.6. The minimum Gasteiger partial charge on any atom is -0.338 e. The van der Waals surface area contributed by atoms with Gasteiger partial charge in [-0.3, -0.25) is 10.00 Å². The normalized spacial score (nSPS) is 16.4. The molecule has 4 heterocycles. The number of H-pyrrole nitrogens is 1. The first-order chi connectivity index (χ1) is 15.3. The van der Waals surface area contributed by atoms with Gasteiger partial charge in [0.1, 0.15) is 0 Å². The Labute approximate surface area is 185 Å². The highest BCUT2D eigenvalue weighted by Crippen LogP contribution is 2.37. The lowest BCUT2D eigenvalue weighted by Gasteiger charge is -2.35. The van der Waals surface area contributed by atoms with E-state index in [9.17, 15) is 0 Å². The molecular formula is C23H22ClN7. The predicted molar refractivity (Wildman–Crippen MR) is 121 cm³/mol. The van der Waals surface area contributed by atoms with Gasteiger partial charge in [0.25, 0.3) is 0 Å². The van der Waals surface area contributed by atoms with Crippen molar-refractivity contribution < 1.29 is 0 Å². The number of nitrogens with zero attached hydrogens (tertiary/aromatic N) is 6. The maximum Gasteiger partial charge on any atom is 0.225 e. The number of aromatic nitrogens is 5. The van der Waals surface area contributed by atoms with Crippen LogP contribution in [0.15, 0.2) is 42.9 Å². The zero-order valence-corrected chi connectivity index (χ0v) is 17.8. The Morgan fingerprint density at radius 1 is 0.968 bits per heavy atom. The van der Waals surface area contributed by atoms with E-state index in [4.69, 9.17) is 21.6 Å². The van der Waals surface area contributed by atoms with Crippen LogP contribution in [-0.2, 0) is 19.4 Å². The van der Waals surface area contributed by atoms with E-state index in [2.05, 4.69) is 31.0 Å². The summed E-state index contributed by atoms with van der Waals surface area (Å²) in [5, 5.41) is 9.01. The average Bonchev–Trinajstić information content (AvgIpc) is 3.29. The van der Waals surface area contributed by atoms with E-state index >= 15 is 0 Å². The molecule has 1 fully saturated rings. The molecule has 156 valence electrons. The van der Waals surface area contributed by atoms with Crippen molar-refractivity contribution in [2.24, 2.45) is 0 Å². The molecule has 31 heavy (non-hydrogen) atoms. The fraction of sp³-hybridized carbons (Fsp3) is 0.304. The van der Waals surface area contributed by atoms with E-state index in [-0.39, 0.29) is 0 Å². The monoisotopic (exact) mass is 431 g/mol. The van der Waals surface area contributed by atoms with Gasteiger partial charge >= 0.3 is 0 Å². The van der Waals surface area contributed by atoms with Gasteiger partial charge in [-0.25, -0.2) is 15.0 Å². The number of hydrogen-bond donors (Lipinski definition) is 1. The zero-order valence-electron chi connectivity index (χ0n) is 17.1. The topological polar surface area (TPSA) is 73.8 Å². The molecule has 6 rings (SSSR count). The summed E-state index contributed by atoms with van der Waals surface area (Å²) in [5.74, 6) is 0.831. The third-order valence-electron chi connectivity index (χ3n) is 6.32. The van der Waals surface area contributed by atoms with Crippen LogP contribution < -0.4 is 4.90 Å². The van der Waals surface area contributed by atoms with Crippen molar-refractivity contribution in [2.75, 3.05) is 31.1 Å². The number of aromatic amines is 1. The van der Waals surface area contributed by atoms with Gasteiger partial charge in [-0.05, 0) is 30.0 Å². The summed E-state index contributed by atoms with van der Waals surface area (Å²) in [5.41, 5.74) is 6.63. The summed E-state index contributed by atoms with van der Waals surface area (Å²) < 4.78 is 0. The van der Waals surface area contributed by atoms with Gasteiger partial charge in [-0.2, -0.15) is 5.10 Å². The number of rotatable bonds is 3. The van der Waals surface area contributed by atoms with E-state index < -0.39 is 0 Å². The van der Waals surface area contributed by atoms with Crippen molar-refractivity contribution in [3.05, 3.63) is 64.7 Å². The fourth-order valence-corrected chi connectivity index (χ4v) is 4.83. The largest absolute Gasteiger partial charge is 0.338 e. The highest BCUT2D eigenvalue weighted by molar-refractivity contribution is 6.31. The van der Waals surface area contributed by atoms with Crippen LogP contribution in [0, 0.1) is 0 Å². The third kappa shape index (κ3) is 3.34. The van der Waals surface area contributed by atoms with Crippen LogP contribution in [0.5, 0.6) is 0 Å². The third-order valence-corrected chi connectivity index (χ3v) is 6.69. The second kappa shape index (κ2) is 7.59. The Bertz CT molecular complexity index is 1260. The van der Waals surface area contributed by atoms with Crippen molar-refractivity contribution in [3.63, 3.8) is 0 Å². The second-order valence-electron chi connectivity index (χ2n) is 8.18. The van der Waals surface area contributed by atoms with Gasteiger partial charge in [0, 0.05) is 66.7 Å². The Morgan fingerprint density at radius 2 is 1.84 bits per heavy atom. The SMILES string of the molecule is Clc1ccccc1CN1CCN(c2ncc3c(n2)CCc2cnc4[nH]ncc4c2-3)CC1. The highest BCUT2D eigenvalue weighted by Gasteiger charge is 2.25. The van der Waals surface area contributed by atoms with Crippen molar-refractivity contribution in [3.8, 4) is 11.1 Å². The average molecular weight is 432 g/mol. The number of fused-ring (bicyclic) bond motifs is 5. The molecule has 3 aromatic heterocycles. The maximum atomic E-state index is 6.33. The number of piperazine rings is 1. The summed E-state index contributed by atoms with van der Waals surface area (Å²) in [6, 6.07) is 8.08. The number of pyridine rings is 1. The Balaban J connectivity index is 1.21. The van der Waals surface area contributed by atoms with Crippen LogP contribution >= 0.6 is 11.6 Å². The van der Waals surface area contributed by atoms with E-state index in [1.807, 2.05) is 36.8 Å². The molecule has 7 nitrogen and oxygen atoms in total. The number of benzene rings is 1. The standard InChI is InChI=1S/C23H22ClN7/c24-19-4-2-1-3-16(19)14-30-7-9-31(10-8-30)23-26-12-17-20(28-23)6-5-15-11-25-22-18(21(15)17)13-27-29-22/h1-4,11-13H,5-10,14H2,(H,25,27,29). The minimum absolute atomic E-state index is 0.810. The van der Waals surface area contributed by atoms with Gasteiger partial charge in [0.15, 0.2) is 5.65 Å². The van der Waals surface area contributed by atoms with Gasteiger partial charge in [-0.15, -0.1) is 0 Å². The Hall–Kier alpha value is -3.03. The predicted octanol–water partition coefficient (Wildman–Crippen LogP) is 3.49. The van der Waals surface area contributed by atoms with Crippen LogP contribution in [-0.4, -0.2) is 56.2 Å². The van der Waals surface area contributed by atoms with Gasteiger partial charge < -0.3 is 4.90 Å². The number of aryl methyl sites for hydroxylation is 2. The Morgan fingerprint density at radius 3 is 2.71 bits per heavy atom. The molecule has 1 aliphatic heterocycles. The molecule has 0 saturated carbocycles. The highest BCUT2D eigenvalue weighted by atomic mass is 35.5. The van der Waals surface area contributed by atoms with Crippen molar-refractivity contribution in [1.29, 1.82) is 0 Å². The summed E-state index contributed by atoms with van der Waals surface area (Å²) in [6.45, 7) is 4.64. The summed E-state index contributed by atoms with van der Waals surface area (Å²) in [6.07, 6.45) is 7.64. The Kier molecular flexibility index (Phi) is 4.58. The van der Waals surface area contributed by atoms with Crippen molar-refractivity contribution in [1.82, 2.24) is 30.0 Å². The number of halogens is 1. The van der Waals surface area contributed by atoms with E-state index in [0.29, 0.717) is 0 Å². The van der Waals surface area contributed by atoms with Gasteiger partial charge in [0.2, 0.25) is 5.95 Å². The van der Waals surface area contributed by atoms with E-state index in [1.54, 1.807) is 0 Å². The first-order valence-corrected chi connectivity index (χ1v) is 11.0. The molecule has 4 aromatic rings. The quantitative estimate of drug-likeness (QED) is 0.535. The lowest BCUT2D eigenvalue weighted by molar-refractivity contribution is 0.248. The molecule has 0 spiro atoms. The van der Waals surface area contributed by atoms with Crippen LogP contribution in [0.3, 0.4) is 0 Å². The fourth-order valence-electron chi connectivity index (χ4n) is 4.63. The van der Waals surface area contributed by atoms with Crippen LogP contribution in [0.4, 0.5) is 5.95 Å². The second-order valence-corrected chi connectivity index (χ2v) is 8.58. The zero-order chi connectivity index (χ0) is 20.8.